The number of aromatic nitrogens is 3. The van der Waals surface area contributed by atoms with Gasteiger partial charge in [-0.15, -0.1) is 0 Å². The lowest BCUT2D eigenvalue weighted by atomic mass is 9.90. The fraction of sp³-hybridized carbons (Fsp3) is 0. The number of rotatable bonds is 6. The largest absolute Gasteiger partial charge is 0.309 e. The van der Waals surface area contributed by atoms with E-state index < -0.39 is 0 Å². The van der Waals surface area contributed by atoms with Crippen molar-refractivity contribution in [3.05, 3.63) is 236 Å². The summed E-state index contributed by atoms with van der Waals surface area (Å²) in [6.07, 6.45) is 0. The van der Waals surface area contributed by atoms with Crippen molar-refractivity contribution >= 4 is 65.4 Å². The number of nitrogens with zero attached hydrogens (tertiary/aromatic N) is 4. The van der Waals surface area contributed by atoms with Gasteiger partial charge in [0.2, 0.25) is 0 Å². The first-order valence-corrected chi connectivity index (χ1v) is 22.1. The Bertz CT molecular complexity index is 3970. The molecule has 3 aromatic heterocycles. The monoisotopic (exact) mass is 826 g/mol. The van der Waals surface area contributed by atoms with Gasteiger partial charge >= 0.3 is 0 Å². The van der Waals surface area contributed by atoms with Crippen molar-refractivity contribution in [1.29, 1.82) is 5.26 Å². The fourth-order valence-electron chi connectivity index (χ4n) is 10.6. The van der Waals surface area contributed by atoms with Crippen LogP contribution in [0.15, 0.2) is 231 Å². The minimum absolute atomic E-state index is 0.660. The maximum absolute atomic E-state index is 10.0. The predicted octanol–water partition coefficient (Wildman–Crippen LogP) is 15.9. The summed E-state index contributed by atoms with van der Waals surface area (Å²) in [7, 11) is 0. The van der Waals surface area contributed by atoms with Crippen molar-refractivity contribution < 1.29 is 0 Å². The molecule has 10 aromatic carbocycles. The molecule has 0 amide bonds. The van der Waals surface area contributed by atoms with Gasteiger partial charge in [0.25, 0.3) is 0 Å². The Morgan fingerprint density at radius 1 is 0.277 bits per heavy atom. The van der Waals surface area contributed by atoms with Gasteiger partial charge < -0.3 is 13.7 Å². The Kier molecular flexibility index (Phi) is 8.24. The van der Waals surface area contributed by atoms with Gasteiger partial charge in [-0.1, -0.05) is 170 Å². The summed E-state index contributed by atoms with van der Waals surface area (Å²) in [5.41, 5.74) is 17.3. The van der Waals surface area contributed by atoms with Crippen LogP contribution in [0.1, 0.15) is 5.56 Å². The average molecular weight is 827 g/mol. The lowest BCUT2D eigenvalue weighted by Gasteiger charge is -2.21. The number of hydrogen-bond acceptors (Lipinski definition) is 1. The maximum Gasteiger partial charge on any atom is 0.0998 e. The molecule has 13 rings (SSSR count). The zero-order chi connectivity index (χ0) is 43.0. The topological polar surface area (TPSA) is 38.6 Å². The number of hydrogen-bond donors (Lipinski definition) is 0. The van der Waals surface area contributed by atoms with E-state index in [1.807, 2.05) is 24.3 Å². The van der Waals surface area contributed by atoms with Crippen molar-refractivity contribution in [3.63, 3.8) is 0 Å². The number of benzene rings is 10. The number of fused-ring (bicyclic) bond motifs is 9. The smallest absolute Gasteiger partial charge is 0.0998 e. The quantitative estimate of drug-likeness (QED) is 0.165. The minimum Gasteiger partial charge on any atom is -0.309 e. The van der Waals surface area contributed by atoms with Crippen LogP contribution >= 0.6 is 0 Å². The molecule has 13 aromatic rings. The molecular weight excluding hydrogens is 789 g/mol. The van der Waals surface area contributed by atoms with Gasteiger partial charge in [-0.25, -0.2) is 0 Å². The summed E-state index contributed by atoms with van der Waals surface area (Å²) in [5, 5.41) is 17.3. The molecule has 4 nitrogen and oxygen atoms in total. The fourth-order valence-corrected chi connectivity index (χ4v) is 10.6. The first-order chi connectivity index (χ1) is 32.3. The van der Waals surface area contributed by atoms with Crippen LogP contribution in [0.2, 0.25) is 0 Å². The van der Waals surface area contributed by atoms with E-state index in [4.69, 9.17) is 0 Å². The van der Waals surface area contributed by atoms with Crippen LogP contribution in [-0.4, -0.2) is 13.7 Å². The van der Waals surface area contributed by atoms with E-state index in [2.05, 4.69) is 226 Å². The van der Waals surface area contributed by atoms with Crippen LogP contribution in [-0.2, 0) is 0 Å². The highest BCUT2D eigenvalue weighted by molar-refractivity contribution is 6.17. The predicted molar refractivity (Wildman–Crippen MR) is 270 cm³/mol. The summed E-state index contributed by atoms with van der Waals surface area (Å²) in [6, 6.07) is 85.1. The van der Waals surface area contributed by atoms with Crippen molar-refractivity contribution in [2.75, 3.05) is 0 Å². The molecule has 0 aliphatic carbocycles. The van der Waals surface area contributed by atoms with Crippen molar-refractivity contribution in [2.45, 2.75) is 0 Å². The van der Waals surface area contributed by atoms with Crippen LogP contribution in [0.25, 0.3) is 116 Å². The molecule has 0 saturated heterocycles. The molecule has 0 saturated carbocycles. The molecule has 0 fully saturated rings. The third-order valence-corrected chi connectivity index (χ3v) is 13.3. The molecule has 0 aliphatic rings. The zero-order valence-electron chi connectivity index (χ0n) is 35.2. The van der Waals surface area contributed by atoms with Crippen LogP contribution in [0.5, 0.6) is 0 Å². The van der Waals surface area contributed by atoms with Crippen LogP contribution in [0, 0.1) is 11.3 Å². The van der Waals surface area contributed by atoms with Gasteiger partial charge in [0, 0.05) is 43.4 Å². The highest BCUT2D eigenvalue weighted by Gasteiger charge is 2.24. The lowest BCUT2D eigenvalue weighted by Crippen LogP contribution is -2.02. The molecule has 0 radical (unpaired) electrons. The third kappa shape index (κ3) is 5.50. The normalized spacial score (nSPS) is 11.7. The standard InChI is InChI=1S/C61H38N4/c62-39-42-17-1-2-18-43(42)40-35-37-41(38-36-40)60-49(25-15-32-57(60)63-51-26-9-3-19-44(51)45-20-4-10-27-52(45)63)48-23-7-13-30-55(48)65-56-31-14-8-24-50(56)61-58(33-16-34-59(61)65)64-53-28-11-5-21-46(53)47-22-6-12-29-54(47)64/h1-38H. The molecule has 0 N–H and O–H groups in total. The summed E-state index contributed by atoms with van der Waals surface area (Å²) in [5.74, 6) is 0. The van der Waals surface area contributed by atoms with E-state index in [1.165, 1.54) is 43.4 Å². The minimum atomic E-state index is 0.660. The molecule has 0 atom stereocenters. The van der Waals surface area contributed by atoms with E-state index >= 15 is 0 Å². The summed E-state index contributed by atoms with van der Waals surface area (Å²) in [6.45, 7) is 0. The average Bonchev–Trinajstić information content (AvgIpc) is 4.02. The Balaban J connectivity index is 1.10. The van der Waals surface area contributed by atoms with E-state index in [0.717, 1.165) is 72.5 Å². The second-order valence-electron chi connectivity index (χ2n) is 16.7. The summed E-state index contributed by atoms with van der Waals surface area (Å²) < 4.78 is 7.35. The summed E-state index contributed by atoms with van der Waals surface area (Å²) in [4.78, 5) is 0. The number of para-hydroxylation sites is 6. The molecule has 4 heteroatoms. The zero-order valence-corrected chi connectivity index (χ0v) is 35.2. The van der Waals surface area contributed by atoms with Gasteiger partial charge in [0.15, 0.2) is 0 Å². The van der Waals surface area contributed by atoms with Crippen molar-refractivity contribution in [2.24, 2.45) is 0 Å². The third-order valence-electron chi connectivity index (χ3n) is 13.3. The molecular formula is C61H38N4. The Morgan fingerprint density at radius 2 is 0.662 bits per heavy atom. The maximum atomic E-state index is 10.0. The molecule has 0 unspecified atom stereocenters. The summed E-state index contributed by atoms with van der Waals surface area (Å²) >= 11 is 0. The Morgan fingerprint density at radius 3 is 1.26 bits per heavy atom. The molecule has 0 bridgehead atoms. The second kappa shape index (κ2) is 14.6. The molecule has 0 spiro atoms. The highest BCUT2D eigenvalue weighted by atomic mass is 15.0. The van der Waals surface area contributed by atoms with E-state index in [1.54, 1.807) is 0 Å². The van der Waals surface area contributed by atoms with Crippen LogP contribution in [0.3, 0.4) is 0 Å². The molecule has 3 heterocycles. The van der Waals surface area contributed by atoms with Crippen LogP contribution in [0.4, 0.5) is 0 Å². The first kappa shape index (κ1) is 36.7. The number of nitriles is 1. The van der Waals surface area contributed by atoms with E-state index in [0.29, 0.717) is 5.56 Å². The molecule has 302 valence electrons. The van der Waals surface area contributed by atoms with E-state index in [9.17, 15) is 5.26 Å². The lowest BCUT2D eigenvalue weighted by molar-refractivity contribution is 1.16. The molecule has 65 heavy (non-hydrogen) atoms. The van der Waals surface area contributed by atoms with E-state index in [-0.39, 0.29) is 0 Å². The van der Waals surface area contributed by atoms with Crippen molar-refractivity contribution in [3.8, 4) is 56.5 Å². The van der Waals surface area contributed by atoms with Gasteiger partial charge in [-0.2, -0.15) is 5.26 Å². The Hall–Kier alpha value is -8.91. The molecule has 0 aliphatic heterocycles. The van der Waals surface area contributed by atoms with Crippen molar-refractivity contribution in [1.82, 2.24) is 13.7 Å². The van der Waals surface area contributed by atoms with Gasteiger partial charge in [-0.05, 0) is 82.9 Å². The van der Waals surface area contributed by atoms with Gasteiger partial charge in [0.05, 0.1) is 61.8 Å². The second-order valence-corrected chi connectivity index (χ2v) is 16.7. The van der Waals surface area contributed by atoms with Gasteiger partial charge in [0.1, 0.15) is 0 Å². The Labute approximate surface area is 375 Å². The first-order valence-electron chi connectivity index (χ1n) is 22.1. The SMILES string of the molecule is N#Cc1ccccc1-c1ccc(-c2c(-c3ccccc3-n3c4ccccc4c4c(-n5c6ccccc6c6ccccc65)cccc43)cccc2-n2c3ccccc3c3ccccc32)cc1. The van der Waals surface area contributed by atoms with Crippen LogP contribution < -0.4 is 0 Å². The highest BCUT2D eigenvalue weighted by Crippen LogP contribution is 2.46. The van der Waals surface area contributed by atoms with Gasteiger partial charge in [-0.3, -0.25) is 0 Å².